The molecule has 0 unspecified atom stereocenters. The van der Waals surface area contributed by atoms with E-state index < -0.39 is 4.92 Å². The monoisotopic (exact) mass is 279 g/mol. The summed E-state index contributed by atoms with van der Waals surface area (Å²) >= 11 is 5.66. The quantitative estimate of drug-likeness (QED) is 0.490. The number of aryl methyl sites for hydroxylation is 1. The van der Waals surface area contributed by atoms with Crippen LogP contribution in [0.5, 0.6) is 0 Å². The Bertz CT molecular complexity index is 680. The van der Waals surface area contributed by atoms with Crippen LogP contribution in [-0.2, 0) is 6.54 Å². The lowest BCUT2D eigenvalue weighted by molar-refractivity contribution is -0.385. The molecule has 0 aliphatic rings. The van der Waals surface area contributed by atoms with Crippen molar-refractivity contribution >= 4 is 17.3 Å². The molecule has 6 nitrogen and oxygen atoms in total. The van der Waals surface area contributed by atoms with Crippen LogP contribution in [-0.4, -0.2) is 14.5 Å². The summed E-state index contributed by atoms with van der Waals surface area (Å²) in [5.74, 6) is 0. The molecule has 0 saturated carbocycles. The molecule has 0 aromatic carbocycles. The van der Waals surface area contributed by atoms with Crippen molar-refractivity contribution in [3.63, 3.8) is 0 Å². The van der Waals surface area contributed by atoms with Crippen LogP contribution in [0.25, 0.3) is 0 Å². The van der Waals surface area contributed by atoms with Gasteiger partial charge in [-0.3, -0.25) is 14.9 Å². The lowest BCUT2D eigenvalue weighted by Gasteiger charge is -2.06. The van der Waals surface area contributed by atoms with E-state index in [4.69, 9.17) is 11.6 Å². The first kappa shape index (κ1) is 13.2. The van der Waals surface area contributed by atoms with Gasteiger partial charge in [0.05, 0.1) is 17.7 Å². The van der Waals surface area contributed by atoms with E-state index in [1.54, 1.807) is 12.1 Å². The summed E-state index contributed by atoms with van der Waals surface area (Å²) in [6.45, 7) is 1.75. The minimum atomic E-state index is -0.509. The lowest BCUT2D eigenvalue weighted by Crippen LogP contribution is -2.20. The van der Waals surface area contributed by atoms with E-state index in [1.807, 2.05) is 0 Å². The van der Waals surface area contributed by atoms with E-state index in [0.717, 1.165) is 5.56 Å². The third kappa shape index (κ3) is 2.97. The molecule has 0 saturated heterocycles. The number of rotatable bonds is 3. The predicted octanol–water partition coefficient (Wildman–Crippen LogP) is 2.16. The van der Waals surface area contributed by atoms with Gasteiger partial charge in [0, 0.05) is 17.8 Å². The molecule has 19 heavy (non-hydrogen) atoms. The van der Waals surface area contributed by atoms with Gasteiger partial charge in [-0.15, -0.1) is 0 Å². The Balaban J connectivity index is 2.40. The van der Waals surface area contributed by atoms with E-state index in [2.05, 4.69) is 4.98 Å². The van der Waals surface area contributed by atoms with Gasteiger partial charge >= 0.3 is 0 Å². The topological polar surface area (TPSA) is 78.0 Å². The summed E-state index contributed by atoms with van der Waals surface area (Å²) in [4.78, 5) is 26.0. The van der Waals surface area contributed by atoms with Crippen LogP contribution in [0.15, 0.2) is 35.4 Å². The maximum atomic E-state index is 11.8. The third-order valence-corrected chi connectivity index (χ3v) is 2.87. The van der Waals surface area contributed by atoms with E-state index in [-0.39, 0.29) is 17.8 Å². The highest BCUT2D eigenvalue weighted by Gasteiger charge is 2.13. The van der Waals surface area contributed by atoms with Crippen molar-refractivity contribution in [2.75, 3.05) is 0 Å². The Labute approximate surface area is 113 Å². The number of pyridine rings is 2. The average molecular weight is 280 g/mol. The molecule has 0 atom stereocenters. The van der Waals surface area contributed by atoms with Gasteiger partial charge in [-0.1, -0.05) is 17.7 Å². The van der Waals surface area contributed by atoms with Gasteiger partial charge in [0.15, 0.2) is 0 Å². The van der Waals surface area contributed by atoms with Gasteiger partial charge in [0.2, 0.25) is 0 Å². The molecular formula is C12H10ClN3O3. The summed E-state index contributed by atoms with van der Waals surface area (Å²) in [6, 6.07) is 4.57. The van der Waals surface area contributed by atoms with Gasteiger partial charge in [0.1, 0.15) is 5.15 Å². The second-order valence-electron chi connectivity index (χ2n) is 4.05. The van der Waals surface area contributed by atoms with E-state index >= 15 is 0 Å². The number of nitrogens with zero attached hydrogens (tertiary/aromatic N) is 3. The molecule has 2 aromatic heterocycles. The molecule has 0 spiro atoms. The van der Waals surface area contributed by atoms with Crippen LogP contribution in [0.3, 0.4) is 0 Å². The van der Waals surface area contributed by atoms with Gasteiger partial charge in [-0.2, -0.15) is 0 Å². The second kappa shape index (κ2) is 5.19. The van der Waals surface area contributed by atoms with Crippen molar-refractivity contribution in [1.82, 2.24) is 9.55 Å². The number of nitro groups is 1. The molecule has 0 amide bonds. The normalized spacial score (nSPS) is 10.4. The minimum absolute atomic E-state index is 0.0819. The Morgan fingerprint density at radius 3 is 2.79 bits per heavy atom. The number of hydrogen-bond donors (Lipinski definition) is 0. The van der Waals surface area contributed by atoms with Gasteiger partial charge in [-0.25, -0.2) is 4.98 Å². The number of halogens is 1. The fourth-order valence-electron chi connectivity index (χ4n) is 1.67. The van der Waals surface area contributed by atoms with Crippen LogP contribution < -0.4 is 5.56 Å². The van der Waals surface area contributed by atoms with Crippen molar-refractivity contribution in [1.29, 1.82) is 0 Å². The smallest absolute Gasteiger partial charge is 0.288 e. The van der Waals surface area contributed by atoms with E-state index in [9.17, 15) is 14.9 Å². The summed E-state index contributed by atoms with van der Waals surface area (Å²) in [5, 5.41) is 11.2. The number of hydrogen-bond acceptors (Lipinski definition) is 4. The molecule has 0 N–H and O–H groups in total. The SMILES string of the molecule is Cc1cc(=O)n(Cc2ccc(Cl)nc2)cc1[N+](=O)[O-]. The average Bonchev–Trinajstić information content (AvgIpc) is 2.34. The molecular weight excluding hydrogens is 270 g/mol. The largest absolute Gasteiger partial charge is 0.304 e. The van der Waals surface area contributed by atoms with Crippen LogP contribution in [0, 0.1) is 17.0 Å². The molecule has 2 heterocycles. The van der Waals surface area contributed by atoms with E-state index in [1.165, 1.54) is 30.0 Å². The first-order chi connectivity index (χ1) is 8.97. The van der Waals surface area contributed by atoms with Crippen molar-refractivity contribution in [2.45, 2.75) is 13.5 Å². The minimum Gasteiger partial charge on any atom is -0.304 e. The second-order valence-corrected chi connectivity index (χ2v) is 4.44. The van der Waals surface area contributed by atoms with Crippen LogP contribution >= 0.6 is 11.6 Å². The lowest BCUT2D eigenvalue weighted by atomic mass is 10.2. The van der Waals surface area contributed by atoms with Crippen molar-refractivity contribution < 1.29 is 4.92 Å². The summed E-state index contributed by atoms with van der Waals surface area (Å²) in [7, 11) is 0. The molecule has 0 aliphatic carbocycles. The highest BCUT2D eigenvalue weighted by Crippen LogP contribution is 2.15. The van der Waals surface area contributed by atoms with Crippen molar-refractivity contribution in [2.24, 2.45) is 0 Å². The fourth-order valence-corrected chi connectivity index (χ4v) is 1.78. The predicted molar refractivity (Wildman–Crippen MR) is 70.4 cm³/mol. The Morgan fingerprint density at radius 1 is 1.47 bits per heavy atom. The van der Waals surface area contributed by atoms with Crippen molar-refractivity contribution in [3.8, 4) is 0 Å². The molecule has 0 bridgehead atoms. The summed E-state index contributed by atoms with van der Waals surface area (Å²) < 4.78 is 1.27. The van der Waals surface area contributed by atoms with Crippen molar-refractivity contribution in [3.05, 3.63) is 67.3 Å². The zero-order valence-corrected chi connectivity index (χ0v) is 10.8. The molecule has 0 radical (unpaired) electrons. The Kier molecular flexibility index (Phi) is 3.62. The molecule has 98 valence electrons. The van der Waals surface area contributed by atoms with Crippen LogP contribution in [0.2, 0.25) is 5.15 Å². The first-order valence-corrected chi connectivity index (χ1v) is 5.81. The standard InChI is InChI=1S/C12H10ClN3O3/c1-8-4-12(17)15(7-10(8)16(18)19)6-9-2-3-11(13)14-5-9/h2-5,7H,6H2,1H3. The first-order valence-electron chi connectivity index (χ1n) is 5.43. The summed E-state index contributed by atoms with van der Waals surface area (Å²) in [6.07, 6.45) is 2.77. The molecule has 2 rings (SSSR count). The maximum absolute atomic E-state index is 11.8. The number of aromatic nitrogens is 2. The van der Waals surface area contributed by atoms with Gasteiger partial charge < -0.3 is 4.57 Å². The molecule has 7 heteroatoms. The Morgan fingerprint density at radius 2 is 2.21 bits per heavy atom. The van der Waals surface area contributed by atoms with Crippen LogP contribution in [0.1, 0.15) is 11.1 Å². The highest BCUT2D eigenvalue weighted by atomic mass is 35.5. The fraction of sp³-hybridized carbons (Fsp3) is 0.167. The molecule has 0 aliphatic heterocycles. The van der Waals surface area contributed by atoms with Gasteiger partial charge in [-0.05, 0) is 18.6 Å². The summed E-state index contributed by atoms with van der Waals surface area (Å²) in [5.41, 5.74) is 0.713. The third-order valence-electron chi connectivity index (χ3n) is 2.64. The molecule has 2 aromatic rings. The Hall–Kier alpha value is -2.21. The van der Waals surface area contributed by atoms with E-state index in [0.29, 0.717) is 10.7 Å². The van der Waals surface area contributed by atoms with Crippen LogP contribution in [0.4, 0.5) is 5.69 Å². The molecule has 0 fully saturated rings. The zero-order chi connectivity index (χ0) is 14.0. The zero-order valence-electron chi connectivity index (χ0n) is 10.0. The maximum Gasteiger partial charge on any atom is 0.288 e. The highest BCUT2D eigenvalue weighted by molar-refractivity contribution is 6.29. The van der Waals surface area contributed by atoms with Gasteiger partial charge in [0.25, 0.3) is 11.2 Å².